The Morgan fingerprint density at radius 2 is 1.91 bits per heavy atom. The number of hydrogen-bond donors (Lipinski definition) is 2. The summed E-state index contributed by atoms with van der Waals surface area (Å²) in [5, 5.41) is 3.40. The van der Waals surface area contributed by atoms with Gasteiger partial charge in [-0.1, -0.05) is 32.1 Å². The summed E-state index contributed by atoms with van der Waals surface area (Å²) in [5.74, 6) is 0.593. The molecule has 0 saturated heterocycles. The van der Waals surface area contributed by atoms with Gasteiger partial charge in [-0.15, -0.1) is 12.4 Å². The van der Waals surface area contributed by atoms with Crippen molar-refractivity contribution < 1.29 is 9.53 Å². The number of benzene rings is 1. The van der Waals surface area contributed by atoms with Crippen molar-refractivity contribution in [2.45, 2.75) is 51.6 Å². The molecular weight excluding hydrogens is 312 g/mol. The van der Waals surface area contributed by atoms with Gasteiger partial charge in [-0.25, -0.2) is 4.79 Å². The lowest BCUT2D eigenvalue weighted by atomic mass is 9.87. The molecule has 5 heteroatoms. The van der Waals surface area contributed by atoms with Gasteiger partial charge in [-0.3, -0.25) is 0 Å². The van der Waals surface area contributed by atoms with E-state index in [0.29, 0.717) is 17.8 Å². The second-order valence-electron chi connectivity index (χ2n) is 6.33. The van der Waals surface area contributed by atoms with Crippen molar-refractivity contribution in [3.05, 3.63) is 29.8 Å². The van der Waals surface area contributed by atoms with Gasteiger partial charge in [-0.2, -0.15) is 0 Å². The molecule has 130 valence electrons. The minimum Gasteiger partial charge on any atom is -0.458 e. The highest BCUT2D eigenvalue weighted by molar-refractivity contribution is 5.89. The number of anilines is 1. The van der Waals surface area contributed by atoms with Crippen LogP contribution in [0.2, 0.25) is 0 Å². The van der Waals surface area contributed by atoms with Crippen molar-refractivity contribution in [3.63, 3.8) is 0 Å². The summed E-state index contributed by atoms with van der Waals surface area (Å²) in [6, 6.07) is 6.81. The van der Waals surface area contributed by atoms with Crippen LogP contribution in [0.25, 0.3) is 0 Å². The molecule has 1 fully saturated rings. The summed E-state index contributed by atoms with van der Waals surface area (Å²) in [6.45, 7) is 3.63. The molecule has 0 aliphatic heterocycles. The first-order chi connectivity index (χ1) is 10.6. The Morgan fingerprint density at radius 3 is 2.57 bits per heavy atom. The third kappa shape index (κ3) is 7.23. The number of esters is 1. The highest BCUT2D eigenvalue weighted by atomic mass is 35.5. The number of carbonyl (C=O) groups is 1. The molecule has 1 saturated carbocycles. The molecule has 1 atom stereocenters. The van der Waals surface area contributed by atoms with Crippen molar-refractivity contribution in [3.8, 4) is 0 Å². The Labute approximate surface area is 145 Å². The standard InChI is InChI=1S/C18H28N2O2.ClH/c1-14(13-20-12-11-15-5-3-2-4-6-15)22-18(21)16-7-9-17(19)10-8-16;/h7-10,14-15,20H,2-6,11-13,19H2,1H3;1H. The number of nitrogen functional groups attached to an aromatic ring is 1. The van der Waals surface area contributed by atoms with E-state index in [1.807, 2.05) is 6.92 Å². The smallest absolute Gasteiger partial charge is 0.338 e. The Morgan fingerprint density at radius 1 is 1.26 bits per heavy atom. The number of carbonyl (C=O) groups excluding carboxylic acids is 1. The molecule has 1 aromatic rings. The molecular formula is C18H29ClN2O2. The van der Waals surface area contributed by atoms with E-state index >= 15 is 0 Å². The Hall–Kier alpha value is -1.26. The minimum atomic E-state index is -0.290. The van der Waals surface area contributed by atoms with E-state index in [9.17, 15) is 4.79 Å². The maximum Gasteiger partial charge on any atom is 0.338 e. The number of halogens is 1. The summed E-state index contributed by atoms with van der Waals surface area (Å²) in [6.07, 6.45) is 8.05. The topological polar surface area (TPSA) is 64.3 Å². The third-order valence-corrected chi connectivity index (χ3v) is 4.34. The predicted molar refractivity (Wildman–Crippen MR) is 97.0 cm³/mol. The van der Waals surface area contributed by atoms with Crippen molar-refractivity contribution in [2.24, 2.45) is 5.92 Å². The molecule has 1 aromatic carbocycles. The number of rotatable bonds is 7. The quantitative estimate of drug-likeness (QED) is 0.450. The fraction of sp³-hybridized carbons (Fsp3) is 0.611. The SMILES string of the molecule is CC(CNCCC1CCCCC1)OC(=O)c1ccc(N)cc1.Cl. The van der Waals surface area contributed by atoms with Crippen LogP contribution in [-0.4, -0.2) is 25.2 Å². The van der Waals surface area contributed by atoms with Gasteiger partial charge in [-0.05, 0) is 50.1 Å². The van der Waals surface area contributed by atoms with Crippen LogP contribution in [0.1, 0.15) is 55.8 Å². The second-order valence-corrected chi connectivity index (χ2v) is 6.33. The van der Waals surface area contributed by atoms with E-state index in [1.54, 1.807) is 24.3 Å². The number of hydrogen-bond acceptors (Lipinski definition) is 4. The van der Waals surface area contributed by atoms with Crippen LogP contribution in [0.3, 0.4) is 0 Å². The lowest BCUT2D eigenvalue weighted by Gasteiger charge is -2.22. The van der Waals surface area contributed by atoms with Crippen LogP contribution >= 0.6 is 12.4 Å². The molecule has 2 rings (SSSR count). The lowest BCUT2D eigenvalue weighted by Crippen LogP contribution is -2.30. The predicted octanol–water partition coefficient (Wildman–Crippen LogP) is 3.80. The zero-order valence-electron chi connectivity index (χ0n) is 13.9. The van der Waals surface area contributed by atoms with E-state index < -0.39 is 0 Å². The molecule has 1 unspecified atom stereocenters. The van der Waals surface area contributed by atoms with Gasteiger partial charge in [0.05, 0.1) is 5.56 Å². The monoisotopic (exact) mass is 340 g/mol. The fourth-order valence-corrected chi connectivity index (χ4v) is 3.00. The average Bonchev–Trinajstić information content (AvgIpc) is 2.53. The fourth-order valence-electron chi connectivity index (χ4n) is 3.00. The molecule has 1 aliphatic rings. The van der Waals surface area contributed by atoms with Crippen LogP contribution < -0.4 is 11.1 Å². The third-order valence-electron chi connectivity index (χ3n) is 4.34. The summed E-state index contributed by atoms with van der Waals surface area (Å²) < 4.78 is 5.43. The number of ether oxygens (including phenoxy) is 1. The van der Waals surface area contributed by atoms with Gasteiger partial charge in [0.25, 0.3) is 0 Å². The maximum atomic E-state index is 12.0. The summed E-state index contributed by atoms with van der Waals surface area (Å²) in [4.78, 5) is 12.0. The zero-order valence-corrected chi connectivity index (χ0v) is 14.7. The summed E-state index contributed by atoms with van der Waals surface area (Å²) >= 11 is 0. The van der Waals surface area contributed by atoms with Gasteiger partial charge in [0.15, 0.2) is 0 Å². The second kappa shape index (κ2) is 10.5. The largest absolute Gasteiger partial charge is 0.458 e. The molecule has 0 heterocycles. The van der Waals surface area contributed by atoms with E-state index in [2.05, 4.69) is 5.32 Å². The first-order valence-electron chi connectivity index (χ1n) is 8.42. The van der Waals surface area contributed by atoms with Crippen molar-refractivity contribution >= 4 is 24.1 Å². The van der Waals surface area contributed by atoms with Gasteiger partial charge >= 0.3 is 5.97 Å². The molecule has 0 amide bonds. The highest BCUT2D eigenvalue weighted by Crippen LogP contribution is 2.25. The lowest BCUT2D eigenvalue weighted by molar-refractivity contribution is 0.0342. The molecule has 0 aromatic heterocycles. The van der Waals surface area contributed by atoms with E-state index in [1.165, 1.54) is 38.5 Å². The molecule has 0 bridgehead atoms. The van der Waals surface area contributed by atoms with E-state index in [4.69, 9.17) is 10.5 Å². The summed E-state index contributed by atoms with van der Waals surface area (Å²) in [5.41, 5.74) is 6.80. The average molecular weight is 341 g/mol. The molecule has 0 radical (unpaired) electrons. The van der Waals surface area contributed by atoms with Gasteiger partial charge in [0, 0.05) is 12.2 Å². The minimum absolute atomic E-state index is 0. The number of nitrogens with two attached hydrogens (primary N) is 1. The molecule has 0 spiro atoms. The van der Waals surface area contributed by atoms with Crippen LogP contribution in [0.15, 0.2) is 24.3 Å². The van der Waals surface area contributed by atoms with Gasteiger partial charge in [0.1, 0.15) is 6.10 Å². The van der Waals surface area contributed by atoms with Crippen molar-refractivity contribution in [1.82, 2.24) is 5.32 Å². The molecule has 3 N–H and O–H groups in total. The molecule has 23 heavy (non-hydrogen) atoms. The van der Waals surface area contributed by atoms with E-state index in [0.717, 1.165) is 12.5 Å². The highest BCUT2D eigenvalue weighted by Gasteiger charge is 2.14. The van der Waals surface area contributed by atoms with Crippen LogP contribution in [0.5, 0.6) is 0 Å². The Balaban J connectivity index is 0.00000264. The van der Waals surface area contributed by atoms with Crippen LogP contribution in [0, 0.1) is 5.92 Å². The van der Waals surface area contributed by atoms with Crippen LogP contribution in [0.4, 0.5) is 5.69 Å². The first kappa shape index (κ1) is 19.8. The summed E-state index contributed by atoms with van der Waals surface area (Å²) in [7, 11) is 0. The Kier molecular flexibility index (Phi) is 9.03. The van der Waals surface area contributed by atoms with Crippen molar-refractivity contribution in [2.75, 3.05) is 18.8 Å². The van der Waals surface area contributed by atoms with Gasteiger partial charge < -0.3 is 15.8 Å². The normalized spacial score (nSPS) is 16.4. The molecule has 1 aliphatic carbocycles. The Bertz CT molecular complexity index is 459. The molecule has 4 nitrogen and oxygen atoms in total. The number of nitrogens with one attached hydrogen (secondary N) is 1. The zero-order chi connectivity index (χ0) is 15.8. The first-order valence-corrected chi connectivity index (χ1v) is 8.42. The maximum absolute atomic E-state index is 12.0. The van der Waals surface area contributed by atoms with Gasteiger partial charge in [0.2, 0.25) is 0 Å². The van der Waals surface area contributed by atoms with Crippen molar-refractivity contribution in [1.29, 1.82) is 0 Å². The van der Waals surface area contributed by atoms with E-state index in [-0.39, 0.29) is 24.5 Å². The van der Waals surface area contributed by atoms with Crippen LogP contribution in [-0.2, 0) is 4.74 Å².